The second kappa shape index (κ2) is 7.27. The zero-order valence-electron chi connectivity index (χ0n) is 15.1. The van der Waals surface area contributed by atoms with Crippen LogP contribution in [-0.4, -0.2) is 62.5 Å². The van der Waals surface area contributed by atoms with Crippen LogP contribution >= 0.6 is 0 Å². The molecule has 0 aliphatic carbocycles. The predicted octanol–water partition coefficient (Wildman–Crippen LogP) is 1.43. The third-order valence-electron chi connectivity index (χ3n) is 5.15. The van der Waals surface area contributed by atoms with Gasteiger partial charge in [-0.25, -0.2) is 9.97 Å². The minimum Gasteiger partial charge on any atom is -0.390 e. The van der Waals surface area contributed by atoms with Gasteiger partial charge in [-0.05, 0) is 58.7 Å². The lowest BCUT2D eigenvalue weighted by molar-refractivity contribution is 0.0291. The molecule has 7 nitrogen and oxygen atoms in total. The van der Waals surface area contributed by atoms with Crippen LogP contribution in [0.5, 0.6) is 0 Å². The number of nitrogens with one attached hydrogen (secondary N) is 2. The van der Waals surface area contributed by atoms with E-state index in [9.17, 15) is 10.2 Å². The molecule has 0 aromatic carbocycles. The molecule has 0 bridgehead atoms. The van der Waals surface area contributed by atoms with Gasteiger partial charge >= 0.3 is 0 Å². The van der Waals surface area contributed by atoms with Crippen molar-refractivity contribution in [1.29, 1.82) is 0 Å². The summed E-state index contributed by atoms with van der Waals surface area (Å²) < 4.78 is 0. The van der Waals surface area contributed by atoms with Crippen molar-refractivity contribution < 1.29 is 10.2 Å². The lowest BCUT2D eigenvalue weighted by Gasteiger charge is -2.36. The number of nitrogens with zero attached hydrogens (tertiary/aromatic N) is 3. The fourth-order valence-electron chi connectivity index (χ4n) is 3.28. The molecule has 7 heteroatoms. The molecule has 2 fully saturated rings. The van der Waals surface area contributed by atoms with E-state index in [1.165, 1.54) is 0 Å². The molecule has 2 aliphatic heterocycles. The van der Waals surface area contributed by atoms with E-state index in [4.69, 9.17) is 0 Å². The van der Waals surface area contributed by atoms with Crippen LogP contribution in [0.3, 0.4) is 0 Å². The summed E-state index contributed by atoms with van der Waals surface area (Å²) in [7, 11) is 0. The Labute approximate surface area is 148 Å². The molecule has 0 spiro atoms. The van der Waals surface area contributed by atoms with Crippen molar-refractivity contribution in [3.05, 3.63) is 18.6 Å². The summed E-state index contributed by atoms with van der Waals surface area (Å²) in [4.78, 5) is 13.9. The number of aromatic amines is 1. The summed E-state index contributed by atoms with van der Waals surface area (Å²) >= 11 is 0. The van der Waals surface area contributed by atoms with Crippen LogP contribution in [0.2, 0.25) is 0 Å². The fraction of sp³-hybridized carbons (Fsp3) is 0.667. The summed E-state index contributed by atoms with van der Waals surface area (Å²) in [5.74, 6) is 0.965. The van der Waals surface area contributed by atoms with E-state index in [1.54, 1.807) is 6.33 Å². The molecule has 0 atom stereocenters. The first-order valence-electron chi connectivity index (χ1n) is 9.05. The van der Waals surface area contributed by atoms with Gasteiger partial charge in [-0.15, -0.1) is 0 Å². The predicted molar refractivity (Wildman–Crippen MR) is 98.7 cm³/mol. The summed E-state index contributed by atoms with van der Waals surface area (Å²) in [6.07, 6.45) is 6.82. The van der Waals surface area contributed by atoms with Crippen LogP contribution in [0.1, 0.15) is 39.5 Å². The first kappa shape index (κ1) is 18.1. The van der Waals surface area contributed by atoms with E-state index in [0.29, 0.717) is 0 Å². The van der Waals surface area contributed by atoms with E-state index in [-0.39, 0.29) is 5.60 Å². The Hall–Kier alpha value is -1.70. The highest BCUT2D eigenvalue weighted by molar-refractivity contribution is 5.87. The maximum absolute atomic E-state index is 9.95. The maximum atomic E-state index is 9.95. The van der Waals surface area contributed by atoms with Crippen molar-refractivity contribution in [2.24, 2.45) is 0 Å². The molecule has 4 rings (SSSR count). The highest BCUT2D eigenvalue weighted by Crippen LogP contribution is 2.28. The maximum Gasteiger partial charge on any atom is 0.142 e. The monoisotopic (exact) mass is 347 g/mol. The Morgan fingerprint density at radius 1 is 1.00 bits per heavy atom. The Balaban J connectivity index is 0.000000192. The van der Waals surface area contributed by atoms with Crippen LogP contribution in [0.25, 0.3) is 11.0 Å². The van der Waals surface area contributed by atoms with Gasteiger partial charge in [0.1, 0.15) is 17.8 Å². The largest absolute Gasteiger partial charge is 0.390 e. The van der Waals surface area contributed by atoms with Gasteiger partial charge in [0.2, 0.25) is 0 Å². The first-order chi connectivity index (χ1) is 11.9. The minimum absolute atomic E-state index is 0.384. The molecule has 0 radical (unpaired) electrons. The highest BCUT2D eigenvalue weighted by Gasteiger charge is 2.28. The molecule has 0 unspecified atom stereocenters. The molecular formula is C18H29N5O2. The molecular weight excluding hydrogens is 318 g/mol. The third-order valence-corrected chi connectivity index (χ3v) is 5.15. The lowest BCUT2D eigenvalue weighted by atomic mass is 9.94. The zero-order valence-corrected chi connectivity index (χ0v) is 15.1. The summed E-state index contributed by atoms with van der Waals surface area (Å²) in [5.41, 5.74) is -0.0428. The van der Waals surface area contributed by atoms with Gasteiger partial charge in [0.25, 0.3) is 0 Å². The molecule has 4 N–H and O–H groups in total. The second-order valence-corrected chi connectivity index (χ2v) is 7.67. The number of anilines is 1. The molecule has 138 valence electrons. The van der Waals surface area contributed by atoms with E-state index < -0.39 is 5.60 Å². The van der Waals surface area contributed by atoms with Crippen molar-refractivity contribution in [2.75, 3.05) is 31.1 Å². The summed E-state index contributed by atoms with van der Waals surface area (Å²) in [5, 5.41) is 23.5. The zero-order chi connectivity index (χ0) is 17.9. The van der Waals surface area contributed by atoms with Gasteiger partial charge < -0.3 is 25.4 Å². The topological polar surface area (TPSA) is 97.3 Å². The van der Waals surface area contributed by atoms with Gasteiger partial charge in [-0.1, -0.05) is 0 Å². The fourth-order valence-corrected chi connectivity index (χ4v) is 3.28. The van der Waals surface area contributed by atoms with Crippen LogP contribution in [0, 0.1) is 0 Å². The number of aliphatic hydroxyl groups is 2. The van der Waals surface area contributed by atoms with E-state index in [1.807, 2.05) is 26.1 Å². The van der Waals surface area contributed by atoms with Gasteiger partial charge in [-0.2, -0.15) is 0 Å². The quantitative estimate of drug-likeness (QED) is 0.623. The number of aromatic nitrogens is 3. The minimum atomic E-state index is -0.527. The second-order valence-electron chi connectivity index (χ2n) is 7.67. The van der Waals surface area contributed by atoms with E-state index in [0.717, 1.165) is 68.7 Å². The van der Waals surface area contributed by atoms with Crippen molar-refractivity contribution in [3.63, 3.8) is 0 Å². The standard InChI is InChI=1S/C12H16N4O.C6H13NO/c1-12(17)3-6-16(7-4-12)11-9-2-5-13-10(9)14-8-15-11;1-6(8)2-4-7-5-3-6/h2,5,8,17H,3-4,6-7H2,1H3,(H,13,14,15);7-8H,2-5H2,1H3. The Bertz CT molecular complexity index is 680. The summed E-state index contributed by atoms with van der Waals surface area (Å²) in [6, 6.07) is 2.00. The van der Waals surface area contributed by atoms with Crippen molar-refractivity contribution in [2.45, 2.75) is 50.7 Å². The molecule has 2 saturated heterocycles. The molecule has 0 amide bonds. The number of hydrogen-bond acceptors (Lipinski definition) is 6. The average molecular weight is 347 g/mol. The van der Waals surface area contributed by atoms with Gasteiger partial charge in [0, 0.05) is 19.3 Å². The number of piperidine rings is 2. The molecule has 0 saturated carbocycles. The van der Waals surface area contributed by atoms with Crippen molar-refractivity contribution in [1.82, 2.24) is 20.3 Å². The van der Waals surface area contributed by atoms with Crippen molar-refractivity contribution >= 4 is 16.9 Å². The molecule has 2 aromatic rings. The normalized spacial score (nSPS) is 22.3. The van der Waals surface area contributed by atoms with E-state index >= 15 is 0 Å². The average Bonchev–Trinajstić information content (AvgIpc) is 3.04. The van der Waals surface area contributed by atoms with Crippen LogP contribution in [-0.2, 0) is 0 Å². The number of H-pyrrole nitrogens is 1. The molecule has 4 heterocycles. The Morgan fingerprint density at radius 2 is 1.64 bits per heavy atom. The van der Waals surface area contributed by atoms with Gasteiger partial charge in [0.05, 0.1) is 16.6 Å². The van der Waals surface area contributed by atoms with Gasteiger partial charge in [0.15, 0.2) is 0 Å². The SMILES string of the molecule is CC1(O)CCN(c2ncnc3[nH]ccc23)CC1.CC1(O)CCNCC1. The Morgan fingerprint density at radius 3 is 2.24 bits per heavy atom. The first-order valence-corrected chi connectivity index (χ1v) is 9.05. The van der Waals surface area contributed by atoms with Crippen LogP contribution < -0.4 is 10.2 Å². The Kier molecular flexibility index (Phi) is 5.27. The van der Waals surface area contributed by atoms with Crippen molar-refractivity contribution in [3.8, 4) is 0 Å². The van der Waals surface area contributed by atoms with Crippen LogP contribution in [0.4, 0.5) is 5.82 Å². The number of hydrogen-bond donors (Lipinski definition) is 4. The number of fused-ring (bicyclic) bond motifs is 1. The van der Waals surface area contributed by atoms with E-state index in [2.05, 4.69) is 25.2 Å². The van der Waals surface area contributed by atoms with Crippen LogP contribution in [0.15, 0.2) is 18.6 Å². The van der Waals surface area contributed by atoms with Gasteiger partial charge in [-0.3, -0.25) is 0 Å². The summed E-state index contributed by atoms with van der Waals surface area (Å²) in [6.45, 7) is 7.40. The lowest BCUT2D eigenvalue weighted by Crippen LogP contribution is -2.42. The highest BCUT2D eigenvalue weighted by atomic mass is 16.3. The smallest absolute Gasteiger partial charge is 0.142 e. The molecule has 2 aromatic heterocycles. The molecule has 2 aliphatic rings. The third kappa shape index (κ3) is 4.68. The number of rotatable bonds is 1. The molecule has 25 heavy (non-hydrogen) atoms.